The van der Waals surface area contributed by atoms with Gasteiger partial charge < -0.3 is 9.73 Å². The molecule has 0 aliphatic carbocycles. The minimum Gasteiger partial charge on any atom is -0.443 e. The van der Waals surface area contributed by atoms with Crippen LogP contribution >= 0.6 is 11.3 Å². The topological polar surface area (TPSA) is 38.1 Å². The van der Waals surface area contributed by atoms with E-state index in [2.05, 4.69) is 53.8 Å². The number of rotatable bonds is 5. The van der Waals surface area contributed by atoms with Gasteiger partial charge in [-0.05, 0) is 18.5 Å². The van der Waals surface area contributed by atoms with Gasteiger partial charge in [-0.3, -0.25) is 0 Å². The van der Waals surface area contributed by atoms with Gasteiger partial charge in [0, 0.05) is 27.6 Å². The molecule has 3 aromatic rings. The van der Waals surface area contributed by atoms with Crippen LogP contribution in [0.5, 0.6) is 0 Å². The molecule has 0 spiro atoms. The third-order valence-corrected chi connectivity index (χ3v) is 4.18. The Hall–Kier alpha value is -1.65. The van der Waals surface area contributed by atoms with Crippen molar-refractivity contribution in [1.29, 1.82) is 0 Å². The monoisotopic (exact) mass is 286 g/mol. The summed E-state index contributed by atoms with van der Waals surface area (Å²) in [6, 6.07) is 8.39. The highest BCUT2D eigenvalue weighted by molar-refractivity contribution is 7.17. The maximum Gasteiger partial charge on any atom is 0.181 e. The first-order chi connectivity index (χ1) is 9.75. The van der Waals surface area contributed by atoms with Gasteiger partial charge in [0.15, 0.2) is 12.2 Å². The summed E-state index contributed by atoms with van der Waals surface area (Å²) in [6.07, 6.45) is 1.54. The van der Waals surface area contributed by atoms with Crippen LogP contribution < -0.4 is 5.32 Å². The van der Waals surface area contributed by atoms with E-state index in [1.807, 2.05) is 0 Å². The first kappa shape index (κ1) is 13.3. The van der Waals surface area contributed by atoms with Crippen molar-refractivity contribution in [3.8, 4) is 11.3 Å². The smallest absolute Gasteiger partial charge is 0.181 e. The first-order valence-electron chi connectivity index (χ1n) is 6.85. The SMILES string of the molecule is CC(C)CNCc1ncoc1-c1csc2ccccc12. The zero-order valence-electron chi connectivity index (χ0n) is 11.7. The van der Waals surface area contributed by atoms with Gasteiger partial charge in [0.2, 0.25) is 0 Å². The first-order valence-corrected chi connectivity index (χ1v) is 7.73. The molecule has 2 aromatic heterocycles. The number of hydrogen-bond donors (Lipinski definition) is 1. The zero-order chi connectivity index (χ0) is 13.9. The van der Waals surface area contributed by atoms with Gasteiger partial charge >= 0.3 is 0 Å². The highest BCUT2D eigenvalue weighted by Crippen LogP contribution is 2.35. The molecular formula is C16H18N2OS. The van der Waals surface area contributed by atoms with Gasteiger partial charge in [-0.25, -0.2) is 4.98 Å². The molecule has 0 unspecified atom stereocenters. The number of hydrogen-bond acceptors (Lipinski definition) is 4. The summed E-state index contributed by atoms with van der Waals surface area (Å²) in [5, 5.41) is 6.80. The molecule has 1 aromatic carbocycles. The normalized spacial score (nSPS) is 11.6. The molecule has 2 heterocycles. The summed E-state index contributed by atoms with van der Waals surface area (Å²) in [7, 11) is 0. The number of benzene rings is 1. The number of fused-ring (bicyclic) bond motifs is 1. The van der Waals surface area contributed by atoms with Crippen LogP contribution in [-0.4, -0.2) is 11.5 Å². The van der Waals surface area contributed by atoms with Crippen molar-refractivity contribution in [1.82, 2.24) is 10.3 Å². The summed E-state index contributed by atoms with van der Waals surface area (Å²) in [4.78, 5) is 4.35. The second-order valence-corrected chi connectivity index (χ2v) is 6.21. The number of aromatic nitrogens is 1. The average Bonchev–Trinajstić information content (AvgIpc) is 3.04. The van der Waals surface area contributed by atoms with Crippen molar-refractivity contribution in [2.45, 2.75) is 20.4 Å². The average molecular weight is 286 g/mol. The Labute approximate surface area is 122 Å². The Morgan fingerprint density at radius 2 is 2.15 bits per heavy atom. The van der Waals surface area contributed by atoms with E-state index in [9.17, 15) is 0 Å². The van der Waals surface area contributed by atoms with Crippen molar-refractivity contribution in [3.05, 3.63) is 41.7 Å². The summed E-state index contributed by atoms with van der Waals surface area (Å²) in [6.45, 7) is 6.12. The quantitative estimate of drug-likeness (QED) is 0.760. The number of thiophene rings is 1. The van der Waals surface area contributed by atoms with Crippen LogP contribution in [0.25, 0.3) is 21.4 Å². The molecule has 20 heavy (non-hydrogen) atoms. The van der Waals surface area contributed by atoms with Crippen molar-refractivity contribution in [2.24, 2.45) is 5.92 Å². The van der Waals surface area contributed by atoms with Crippen LogP contribution in [0, 0.1) is 5.92 Å². The third-order valence-electron chi connectivity index (χ3n) is 3.21. The highest BCUT2D eigenvalue weighted by Gasteiger charge is 2.14. The van der Waals surface area contributed by atoms with Crippen molar-refractivity contribution < 1.29 is 4.42 Å². The van der Waals surface area contributed by atoms with Gasteiger partial charge in [0.05, 0.1) is 0 Å². The molecular weight excluding hydrogens is 268 g/mol. The fraction of sp³-hybridized carbons (Fsp3) is 0.312. The molecule has 0 atom stereocenters. The third kappa shape index (κ3) is 2.62. The Morgan fingerprint density at radius 1 is 1.30 bits per heavy atom. The lowest BCUT2D eigenvalue weighted by molar-refractivity contribution is 0.545. The molecule has 0 aliphatic rings. The van der Waals surface area contributed by atoms with Crippen LogP contribution in [0.4, 0.5) is 0 Å². The molecule has 0 saturated carbocycles. The van der Waals surface area contributed by atoms with Crippen LogP contribution in [0.1, 0.15) is 19.5 Å². The van der Waals surface area contributed by atoms with Crippen LogP contribution in [0.15, 0.2) is 40.5 Å². The largest absolute Gasteiger partial charge is 0.443 e. The molecule has 0 amide bonds. The molecule has 0 radical (unpaired) electrons. The van der Waals surface area contributed by atoms with Gasteiger partial charge in [0.25, 0.3) is 0 Å². The molecule has 0 fully saturated rings. The van der Waals surface area contributed by atoms with Crippen LogP contribution in [0.2, 0.25) is 0 Å². The Balaban J connectivity index is 1.89. The summed E-state index contributed by atoms with van der Waals surface area (Å²) >= 11 is 1.74. The fourth-order valence-corrected chi connectivity index (χ4v) is 3.19. The van der Waals surface area contributed by atoms with Gasteiger partial charge in [-0.2, -0.15) is 0 Å². The summed E-state index contributed by atoms with van der Waals surface area (Å²) in [5.41, 5.74) is 2.12. The predicted octanol–water partition coefficient (Wildman–Crippen LogP) is 4.30. The van der Waals surface area contributed by atoms with Crippen molar-refractivity contribution >= 4 is 21.4 Å². The van der Waals surface area contributed by atoms with Crippen molar-refractivity contribution in [2.75, 3.05) is 6.54 Å². The van der Waals surface area contributed by atoms with Gasteiger partial charge in [0.1, 0.15) is 5.69 Å². The number of oxazole rings is 1. The van der Waals surface area contributed by atoms with E-state index in [0.29, 0.717) is 5.92 Å². The molecule has 1 N–H and O–H groups in total. The van der Waals surface area contributed by atoms with E-state index in [-0.39, 0.29) is 0 Å². The lowest BCUT2D eigenvalue weighted by Crippen LogP contribution is -2.19. The maximum atomic E-state index is 5.63. The molecule has 0 saturated heterocycles. The maximum absolute atomic E-state index is 5.63. The minimum atomic E-state index is 0.632. The van der Waals surface area contributed by atoms with Crippen LogP contribution in [0.3, 0.4) is 0 Å². The van der Waals surface area contributed by atoms with Gasteiger partial charge in [-0.1, -0.05) is 32.0 Å². The summed E-state index contributed by atoms with van der Waals surface area (Å²) < 4.78 is 6.91. The Morgan fingerprint density at radius 3 is 3.00 bits per heavy atom. The van der Waals surface area contributed by atoms with E-state index in [1.54, 1.807) is 11.3 Å². The minimum absolute atomic E-state index is 0.632. The van der Waals surface area contributed by atoms with Crippen LogP contribution in [-0.2, 0) is 6.54 Å². The van der Waals surface area contributed by atoms with Crippen molar-refractivity contribution in [3.63, 3.8) is 0 Å². The molecule has 4 heteroatoms. The lowest BCUT2D eigenvalue weighted by atomic mass is 10.1. The molecule has 3 rings (SSSR count). The molecule has 0 bridgehead atoms. The zero-order valence-corrected chi connectivity index (χ0v) is 12.5. The second-order valence-electron chi connectivity index (χ2n) is 5.30. The van der Waals surface area contributed by atoms with E-state index >= 15 is 0 Å². The summed E-state index contributed by atoms with van der Waals surface area (Å²) in [5.74, 6) is 1.52. The molecule has 3 nitrogen and oxygen atoms in total. The highest BCUT2D eigenvalue weighted by atomic mass is 32.1. The molecule has 104 valence electrons. The standard InChI is InChI=1S/C16H18N2OS/c1-11(2)7-17-8-14-16(19-10-18-14)13-9-20-15-6-4-3-5-12(13)15/h3-6,9-11,17H,7-8H2,1-2H3. The number of nitrogens with one attached hydrogen (secondary N) is 1. The van der Waals surface area contributed by atoms with E-state index in [1.165, 1.54) is 16.5 Å². The molecule has 0 aliphatic heterocycles. The predicted molar refractivity (Wildman–Crippen MR) is 83.9 cm³/mol. The Kier molecular flexibility index (Phi) is 3.85. The van der Waals surface area contributed by atoms with Gasteiger partial charge in [-0.15, -0.1) is 11.3 Å². The second kappa shape index (κ2) is 5.77. The van der Waals surface area contributed by atoms with E-state index < -0.39 is 0 Å². The Bertz CT molecular complexity index is 699. The lowest BCUT2D eigenvalue weighted by Gasteiger charge is -2.06. The fourth-order valence-electron chi connectivity index (χ4n) is 2.25. The van der Waals surface area contributed by atoms with E-state index in [4.69, 9.17) is 4.42 Å². The van der Waals surface area contributed by atoms with E-state index in [0.717, 1.165) is 30.1 Å². The number of nitrogens with zero attached hydrogens (tertiary/aromatic N) is 1.